The summed E-state index contributed by atoms with van der Waals surface area (Å²) >= 11 is 0. The van der Waals surface area contributed by atoms with E-state index >= 15 is 0 Å². The van der Waals surface area contributed by atoms with Crippen LogP contribution in [-0.4, -0.2) is 5.78 Å². The first kappa shape index (κ1) is 14.8. The number of nitrogens with zero attached hydrogens (tertiary/aromatic N) is 1. The van der Waals surface area contributed by atoms with Crippen molar-refractivity contribution >= 4 is 5.78 Å². The highest BCUT2D eigenvalue weighted by Crippen LogP contribution is 2.32. The molecule has 0 saturated heterocycles. The summed E-state index contributed by atoms with van der Waals surface area (Å²) in [5, 5.41) is 8.67. The SMILES string of the molecule is N#Cc1ccc(CC(=O)c2ccccc2C(F)(F)F)cc1. The highest BCUT2D eigenvalue weighted by molar-refractivity contribution is 5.99. The fourth-order valence-electron chi connectivity index (χ4n) is 1.95. The molecule has 2 aromatic rings. The Morgan fingerprint density at radius 3 is 2.24 bits per heavy atom. The second kappa shape index (κ2) is 5.80. The number of nitriles is 1. The van der Waals surface area contributed by atoms with Gasteiger partial charge < -0.3 is 0 Å². The van der Waals surface area contributed by atoms with Crippen molar-refractivity contribution in [1.82, 2.24) is 0 Å². The zero-order valence-corrected chi connectivity index (χ0v) is 10.8. The van der Waals surface area contributed by atoms with E-state index in [1.807, 2.05) is 6.07 Å². The Labute approximate surface area is 119 Å². The van der Waals surface area contributed by atoms with E-state index in [2.05, 4.69) is 0 Å². The predicted molar refractivity (Wildman–Crippen MR) is 70.6 cm³/mol. The third kappa shape index (κ3) is 3.48. The lowest BCUT2D eigenvalue weighted by Crippen LogP contribution is -2.14. The molecule has 0 radical (unpaired) electrons. The minimum Gasteiger partial charge on any atom is -0.294 e. The normalized spacial score (nSPS) is 11.0. The van der Waals surface area contributed by atoms with Gasteiger partial charge in [0.25, 0.3) is 0 Å². The van der Waals surface area contributed by atoms with Gasteiger partial charge in [-0.2, -0.15) is 18.4 Å². The second-order valence-electron chi connectivity index (χ2n) is 4.45. The molecule has 0 aliphatic heterocycles. The summed E-state index contributed by atoms with van der Waals surface area (Å²) < 4.78 is 38.6. The maximum atomic E-state index is 12.9. The van der Waals surface area contributed by atoms with Crippen LogP contribution in [0.2, 0.25) is 0 Å². The van der Waals surface area contributed by atoms with Gasteiger partial charge in [-0.1, -0.05) is 30.3 Å². The molecule has 0 spiro atoms. The first-order chi connectivity index (χ1) is 9.91. The summed E-state index contributed by atoms with van der Waals surface area (Å²) in [5.41, 5.74) is -0.268. The molecule has 0 fully saturated rings. The van der Waals surface area contributed by atoms with E-state index in [0.717, 1.165) is 6.07 Å². The molecule has 0 saturated carbocycles. The van der Waals surface area contributed by atoms with Crippen LogP contribution in [-0.2, 0) is 12.6 Å². The molecule has 2 rings (SSSR count). The number of carbonyl (C=O) groups excluding carboxylic acids is 1. The van der Waals surface area contributed by atoms with Gasteiger partial charge in [-0.25, -0.2) is 0 Å². The minimum atomic E-state index is -4.56. The van der Waals surface area contributed by atoms with Crippen molar-refractivity contribution in [1.29, 1.82) is 5.26 Å². The summed E-state index contributed by atoms with van der Waals surface area (Å²) in [7, 11) is 0. The lowest BCUT2D eigenvalue weighted by Gasteiger charge is -2.11. The fourth-order valence-corrected chi connectivity index (χ4v) is 1.95. The average Bonchev–Trinajstić information content (AvgIpc) is 2.47. The number of Topliss-reactive ketones (excluding diaryl/α,β-unsaturated/α-hetero) is 1. The number of hydrogen-bond acceptors (Lipinski definition) is 2. The summed E-state index contributed by atoms with van der Waals surface area (Å²) in [5.74, 6) is -0.604. The highest BCUT2D eigenvalue weighted by atomic mass is 19.4. The van der Waals surface area contributed by atoms with E-state index in [-0.39, 0.29) is 12.0 Å². The predicted octanol–water partition coefficient (Wildman–Crippen LogP) is 4.00. The monoisotopic (exact) mass is 289 g/mol. The Morgan fingerprint density at radius 1 is 1.05 bits per heavy atom. The van der Waals surface area contributed by atoms with E-state index in [0.29, 0.717) is 11.1 Å². The first-order valence-corrected chi connectivity index (χ1v) is 6.10. The van der Waals surface area contributed by atoms with Crippen LogP contribution in [0.4, 0.5) is 13.2 Å². The quantitative estimate of drug-likeness (QED) is 0.801. The Morgan fingerprint density at radius 2 is 1.67 bits per heavy atom. The van der Waals surface area contributed by atoms with Gasteiger partial charge in [0.05, 0.1) is 17.2 Å². The zero-order valence-electron chi connectivity index (χ0n) is 10.8. The molecule has 106 valence electrons. The molecular formula is C16H10F3NO. The number of halogens is 3. The van der Waals surface area contributed by atoms with Gasteiger partial charge in [-0.15, -0.1) is 0 Å². The summed E-state index contributed by atoms with van der Waals surface area (Å²) in [6.45, 7) is 0. The van der Waals surface area contributed by atoms with Crippen LogP contribution < -0.4 is 0 Å². The van der Waals surface area contributed by atoms with Crippen molar-refractivity contribution in [2.24, 2.45) is 0 Å². The topological polar surface area (TPSA) is 40.9 Å². The van der Waals surface area contributed by atoms with Gasteiger partial charge in [0.2, 0.25) is 0 Å². The van der Waals surface area contributed by atoms with E-state index in [1.165, 1.54) is 30.3 Å². The van der Waals surface area contributed by atoms with Gasteiger partial charge >= 0.3 is 6.18 Å². The maximum Gasteiger partial charge on any atom is 0.417 e. The summed E-state index contributed by atoms with van der Waals surface area (Å²) in [6.07, 6.45) is -4.70. The van der Waals surface area contributed by atoms with Crippen LogP contribution in [0.3, 0.4) is 0 Å². The lowest BCUT2D eigenvalue weighted by molar-refractivity contribution is -0.137. The Kier molecular flexibility index (Phi) is 4.08. The molecule has 0 aliphatic carbocycles. The van der Waals surface area contributed by atoms with Crippen LogP contribution in [0, 0.1) is 11.3 Å². The Balaban J connectivity index is 2.27. The molecule has 5 heteroatoms. The van der Waals surface area contributed by atoms with Crippen LogP contribution in [0.25, 0.3) is 0 Å². The van der Waals surface area contributed by atoms with Gasteiger partial charge in [-0.3, -0.25) is 4.79 Å². The molecule has 0 aromatic heterocycles. The largest absolute Gasteiger partial charge is 0.417 e. The van der Waals surface area contributed by atoms with Crippen LogP contribution in [0.1, 0.15) is 27.0 Å². The number of benzene rings is 2. The number of carbonyl (C=O) groups is 1. The third-order valence-corrected chi connectivity index (χ3v) is 2.98. The van der Waals surface area contributed by atoms with E-state index < -0.39 is 17.5 Å². The zero-order chi connectivity index (χ0) is 15.5. The molecule has 0 amide bonds. The summed E-state index contributed by atoms with van der Waals surface area (Å²) in [4.78, 5) is 12.1. The van der Waals surface area contributed by atoms with Crippen LogP contribution in [0.15, 0.2) is 48.5 Å². The molecule has 0 atom stereocenters. The van der Waals surface area contributed by atoms with Crippen molar-refractivity contribution in [2.75, 3.05) is 0 Å². The highest BCUT2D eigenvalue weighted by Gasteiger charge is 2.34. The minimum absolute atomic E-state index is 0.140. The standard InChI is InChI=1S/C16H10F3NO/c17-16(18,19)14-4-2-1-3-13(14)15(21)9-11-5-7-12(10-20)8-6-11/h1-8H,9H2. The number of alkyl halides is 3. The van der Waals surface area contributed by atoms with Crippen LogP contribution >= 0.6 is 0 Å². The van der Waals surface area contributed by atoms with Gasteiger partial charge in [0.1, 0.15) is 0 Å². The molecule has 0 heterocycles. The van der Waals surface area contributed by atoms with Crippen molar-refractivity contribution in [3.63, 3.8) is 0 Å². The molecule has 0 unspecified atom stereocenters. The Bertz CT molecular complexity index is 697. The molecule has 0 N–H and O–H groups in total. The summed E-state index contributed by atoms with van der Waals surface area (Å²) in [6, 6.07) is 12.8. The molecule has 21 heavy (non-hydrogen) atoms. The van der Waals surface area contributed by atoms with Gasteiger partial charge in [0, 0.05) is 12.0 Å². The molecule has 0 bridgehead atoms. The van der Waals surface area contributed by atoms with Crippen LogP contribution in [0.5, 0.6) is 0 Å². The van der Waals surface area contributed by atoms with Crippen molar-refractivity contribution < 1.29 is 18.0 Å². The van der Waals surface area contributed by atoms with Gasteiger partial charge in [-0.05, 0) is 23.8 Å². The van der Waals surface area contributed by atoms with E-state index in [9.17, 15) is 18.0 Å². The molecule has 0 aliphatic rings. The molecular weight excluding hydrogens is 279 g/mol. The fraction of sp³-hybridized carbons (Fsp3) is 0.125. The maximum absolute atomic E-state index is 12.9. The van der Waals surface area contributed by atoms with Crippen molar-refractivity contribution in [3.05, 3.63) is 70.8 Å². The smallest absolute Gasteiger partial charge is 0.294 e. The van der Waals surface area contributed by atoms with E-state index in [4.69, 9.17) is 5.26 Å². The van der Waals surface area contributed by atoms with Crippen molar-refractivity contribution in [2.45, 2.75) is 12.6 Å². The number of rotatable bonds is 3. The average molecular weight is 289 g/mol. The van der Waals surface area contributed by atoms with Crippen molar-refractivity contribution in [3.8, 4) is 6.07 Å². The number of ketones is 1. The van der Waals surface area contributed by atoms with Gasteiger partial charge in [0.15, 0.2) is 5.78 Å². The lowest BCUT2D eigenvalue weighted by atomic mass is 9.98. The molecule has 2 nitrogen and oxygen atoms in total. The Hall–Kier alpha value is -2.61. The number of hydrogen-bond donors (Lipinski definition) is 0. The molecule has 2 aromatic carbocycles. The first-order valence-electron chi connectivity index (χ1n) is 6.10. The van der Waals surface area contributed by atoms with E-state index in [1.54, 1.807) is 12.1 Å². The third-order valence-electron chi connectivity index (χ3n) is 2.98. The second-order valence-corrected chi connectivity index (χ2v) is 4.45.